The third-order valence-corrected chi connectivity index (χ3v) is 7.93. The fourth-order valence-corrected chi connectivity index (χ4v) is 6.30. The van der Waals surface area contributed by atoms with Crippen LogP contribution in [0.1, 0.15) is 11.3 Å². The van der Waals surface area contributed by atoms with Gasteiger partial charge in [0.1, 0.15) is 24.2 Å². The van der Waals surface area contributed by atoms with E-state index in [-0.39, 0.29) is 36.6 Å². The quantitative estimate of drug-likeness (QED) is 0.135. The van der Waals surface area contributed by atoms with Crippen LogP contribution in [0.2, 0.25) is 0 Å². The highest BCUT2D eigenvalue weighted by Crippen LogP contribution is 2.47. The molecule has 0 saturated carbocycles. The molecule has 3 amide bonds. The lowest BCUT2D eigenvalue weighted by molar-refractivity contribution is -0.873. The first-order chi connectivity index (χ1) is 17.8. The molecule has 2 aliphatic heterocycles. The minimum Gasteiger partial charge on any atom is -0.481 e. The van der Waals surface area contributed by atoms with Crippen molar-refractivity contribution in [3.63, 3.8) is 0 Å². The molecule has 1 aromatic heterocycles. The number of amides is 3. The number of hydrogen-bond donors (Lipinski definition) is 3. The van der Waals surface area contributed by atoms with Gasteiger partial charge in [-0.1, -0.05) is 6.07 Å². The number of nitrogens with one attached hydrogen (secondary N) is 1. The maximum atomic E-state index is 13.5. The van der Waals surface area contributed by atoms with E-state index in [1.807, 2.05) is 26.5 Å². The minimum atomic E-state index is -1.73. The molecule has 208 valence electrons. The van der Waals surface area contributed by atoms with E-state index in [1.54, 1.807) is 12.1 Å². The van der Waals surface area contributed by atoms with Crippen LogP contribution in [0.5, 0.6) is 0 Å². The summed E-state index contributed by atoms with van der Waals surface area (Å²) in [5, 5.41) is 13.0. The molecule has 2 aliphatic rings. The van der Waals surface area contributed by atoms with Gasteiger partial charge in [0.2, 0.25) is 5.91 Å². The van der Waals surface area contributed by atoms with E-state index in [1.165, 1.54) is 30.2 Å². The molecule has 15 heteroatoms. The van der Waals surface area contributed by atoms with Crippen molar-refractivity contribution in [2.24, 2.45) is 5.73 Å². The Labute approximate surface area is 227 Å². The van der Waals surface area contributed by atoms with Crippen LogP contribution in [-0.4, -0.2) is 109 Å². The number of primary amides is 1. The third kappa shape index (κ3) is 6.64. The number of carbonyl (C=O) groups excluding carboxylic acids is 4. The molecule has 1 unspecified atom stereocenters. The number of rotatable bonds is 12. The number of aliphatic carboxylic acids is 1. The van der Waals surface area contributed by atoms with E-state index in [2.05, 4.69) is 5.32 Å². The number of likely N-dealkylation sites (N-methyl/N-ethyl adjacent to an activating group) is 1. The lowest BCUT2D eigenvalue weighted by Crippen LogP contribution is -2.80. The molecule has 0 bridgehead atoms. The second-order valence-corrected chi connectivity index (χ2v) is 11.8. The van der Waals surface area contributed by atoms with Crippen LogP contribution < -0.4 is 11.1 Å². The number of carboxylic acid groups (broad SMARTS) is 1. The SMILES string of the molecule is CO[C@@]1(NC(=O)Cc2cccs2)C(=O)N2C(C(=O)OC(CC(=O)O)C[N+](C)(C)C)=C(COC(N)=O)CS[C@@H]21. The monoisotopic (exact) mass is 571 g/mol. The lowest BCUT2D eigenvalue weighted by Gasteiger charge is -2.56. The first-order valence-corrected chi connectivity index (χ1v) is 13.4. The van der Waals surface area contributed by atoms with E-state index >= 15 is 0 Å². The molecule has 3 heterocycles. The summed E-state index contributed by atoms with van der Waals surface area (Å²) in [6.45, 7) is -0.196. The molecule has 0 radical (unpaired) electrons. The van der Waals surface area contributed by atoms with Gasteiger partial charge in [-0.05, 0) is 11.4 Å². The van der Waals surface area contributed by atoms with Crippen molar-refractivity contribution in [1.82, 2.24) is 10.2 Å². The van der Waals surface area contributed by atoms with E-state index in [0.717, 1.165) is 9.78 Å². The Morgan fingerprint density at radius 2 is 2.03 bits per heavy atom. The average molecular weight is 572 g/mol. The summed E-state index contributed by atoms with van der Waals surface area (Å²) in [4.78, 5) is 64.2. The van der Waals surface area contributed by atoms with Gasteiger partial charge in [-0.3, -0.25) is 19.3 Å². The number of β-lactam (4-membered cyclic amide) rings is 1. The summed E-state index contributed by atoms with van der Waals surface area (Å²) < 4.78 is 16.3. The second kappa shape index (κ2) is 11.7. The van der Waals surface area contributed by atoms with Gasteiger partial charge in [-0.2, -0.15) is 0 Å². The highest BCUT2D eigenvalue weighted by Gasteiger charge is 2.66. The van der Waals surface area contributed by atoms with Gasteiger partial charge >= 0.3 is 18.0 Å². The number of carboxylic acids is 1. The summed E-state index contributed by atoms with van der Waals surface area (Å²) in [6, 6.07) is 3.60. The molecule has 38 heavy (non-hydrogen) atoms. The largest absolute Gasteiger partial charge is 0.481 e. The van der Waals surface area contributed by atoms with E-state index in [0.29, 0.717) is 4.48 Å². The number of esters is 1. The Bertz CT molecular complexity index is 1130. The number of hydrogen-bond acceptors (Lipinski definition) is 10. The topological polar surface area (TPSA) is 175 Å². The molecule has 3 atom stereocenters. The van der Waals surface area contributed by atoms with Crippen molar-refractivity contribution >= 4 is 52.9 Å². The second-order valence-electron chi connectivity index (χ2n) is 9.74. The first-order valence-electron chi connectivity index (χ1n) is 11.5. The van der Waals surface area contributed by atoms with Gasteiger partial charge in [-0.25, -0.2) is 9.59 Å². The van der Waals surface area contributed by atoms with Gasteiger partial charge in [-0.15, -0.1) is 23.1 Å². The van der Waals surface area contributed by atoms with Gasteiger partial charge in [0.05, 0.1) is 34.0 Å². The van der Waals surface area contributed by atoms with E-state index < -0.39 is 53.5 Å². The van der Waals surface area contributed by atoms with Crippen LogP contribution in [0, 0.1) is 0 Å². The number of ether oxygens (including phenoxy) is 3. The molecular weight excluding hydrogens is 540 g/mol. The normalized spacial score (nSPS) is 21.7. The average Bonchev–Trinajstić information content (AvgIpc) is 3.31. The van der Waals surface area contributed by atoms with Crippen molar-refractivity contribution in [1.29, 1.82) is 0 Å². The maximum Gasteiger partial charge on any atom is 0.404 e. The summed E-state index contributed by atoms with van der Waals surface area (Å²) in [7, 11) is 6.71. The number of fused-ring (bicyclic) bond motifs is 1. The number of thioether (sulfide) groups is 1. The Hall–Kier alpha value is -3.14. The van der Waals surface area contributed by atoms with Crippen molar-refractivity contribution in [3.8, 4) is 0 Å². The molecular formula is C23H31N4O9S2+. The molecule has 0 spiro atoms. The predicted octanol–water partition coefficient (Wildman–Crippen LogP) is 0.107. The van der Waals surface area contributed by atoms with E-state index in [9.17, 15) is 29.1 Å². The summed E-state index contributed by atoms with van der Waals surface area (Å²) in [6.07, 6.45) is -2.49. The summed E-state index contributed by atoms with van der Waals surface area (Å²) in [5.74, 6) is -3.16. The zero-order valence-corrected chi connectivity index (χ0v) is 23.1. The van der Waals surface area contributed by atoms with Crippen LogP contribution in [0.3, 0.4) is 0 Å². The number of nitrogens with zero attached hydrogens (tertiary/aromatic N) is 2. The highest BCUT2D eigenvalue weighted by molar-refractivity contribution is 8.00. The molecule has 3 rings (SSSR count). The predicted molar refractivity (Wildman–Crippen MR) is 137 cm³/mol. The van der Waals surface area contributed by atoms with Crippen LogP contribution in [-0.2, 0) is 39.8 Å². The molecule has 0 aromatic carbocycles. The fourth-order valence-electron chi connectivity index (χ4n) is 4.18. The fraction of sp³-hybridized carbons (Fsp3) is 0.522. The van der Waals surface area contributed by atoms with Crippen LogP contribution >= 0.6 is 23.1 Å². The van der Waals surface area contributed by atoms with Gasteiger partial charge in [0, 0.05) is 23.3 Å². The van der Waals surface area contributed by atoms with Crippen molar-refractivity contribution in [3.05, 3.63) is 33.7 Å². The van der Waals surface area contributed by atoms with Crippen molar-refractivity contribution in [2.75, 3.05) is 47.2 Å². The molecule has 1 fully saturated rings. The molecule has 1 saturated heterocycles. The highest BCUT2D eigenvalue weighted by atomic mass is 32.2. The Balaban J connectivity index is 1.89. The van der Waals surface area contributed by atoms with Gasteiger partial charge in [0.15, 0.2) is 6.10 Å². The third-order valence-electron chi connectivity index (χ3n) is 5.68. The standard InChI is InChI=1S/C23H30N4O9S2/c1-27(2,3)10-14(8-17(29)30)36-19(31)18-13(11-35-22(24)33)12-38-21-23(34-4,20(32)26(18)21)25-16(28)9-15-6-5-7-37-15/h5-7,14,21H,8-12H2,1-4H3,(H3-,24,25,28,29,30,33)/p+1/t14?,21-,23+/m1/s1. The molecule has 4 N–H and O–H groups in total. The number of quaternary nitrogens is 1. The van der Waals surface area contributed by atoms with Crippen LogP contribution in [0.15, 0.2) is 28.8 Å². The van der Waals surface area contributed by atoms with Crippen LogP contribution in [0.25, 0.3) is 0 Å². The summed E-state index contributed by atoms with van der Waals surface area (Å²) >= 11 is 2.59. The van der Waals surface area contributed by atoms with E-state index in [4.69, 9.17) is 19.9 Å². The van der Waals surface area contributed by atoms with Gasteiger partial charge < -0.3 is 34.9 Å². The Morgan fingerprint density at radius 3 is 2.58 bits per heavy atom. The minimum absolute atomic E-state index is 0.0395. The number of thiophene rings is 1. The van der Waals surface area contributed by atoms with Crippen molar-refractivity contribution in [2.45, 2.75) is 30.0 Å². The first kappa shape index (κ1) is 29.4. The van der Waals surface area contributed by atoms with Crippen LogP contribution in [0.4, 0.5) is 4.79 Å². The zero-order valence-electron chi connectivity index (χ0n) is 21.4. The summed E-state index contributed by atoms with van der Waals surface area (Å²) in [5.41, 5.74) is 3.41. The number of methoxy groups -OCH3 is 1. The maximum absolute atomic E-state index is 13.5. The zero-order chi connectivity index (χ0) is 28.3. The number of carbonyl (C=O) groups is 5. The smallest absolute Gasteiger partial charge is 0.404 e. The van der Waals surface area contributed by atoms with Crippen molar-refractivity contribution < 1.29 is 47.8 Å². The molecule has 13 nitrogen and oxygen atoms in total. The molecule has 0 aliphatic carbocycles. The molecule has 1 aromatic rings. The lowest BCUT2D eigenvalue weighted by atomic mass is 9.98. The Morgan fingerprint density at radius 1 is 1.32 bits per heavy atom. The Kier molecular flexibility index (Phi) is 9.07. The number of nitrogens with two attached hydrogens (primary N) is 1. The van der Waals surface area contributed by atoms with Gasteiger partial charge in [0.25, 0.3) is 11.6 Å².